The Kier molecular flexibility index (Phi) is 4.92. The number of fused-ring (bicyclic) bond motifs is 4. The van der Waals surface area contributed by atoms with Crippen LogP contribution in [0.25, 0.3) is 33.0 Å². The normalized spacial score (nSPS) is 14.1. The van der Waals surface area contributed by atoms with Crippen LogP contribution >= 0.6 is 0 Å². The largest absolute Gasteiger partial charge is 0.457 e. The predicted octanol–water partition coefficient (Wildman–Crippen LogP) is 9.46. The van der Waals surface area contributed by atoms with Gasteiger partial charge in [0.15, 0.2) is 0 Å². The first-order valence-electron chi connectivity index (χ1n) is 12.4. The van der Waals surface area contributed by atoms with Crippen molar-refractivity contribution in [2.75, 3.05) is 0 Å². The highest BCUT2D eigenvalue weighted by molar-refractivity contribution is 5.90. The molecule has 1 aliphatic heterocycles. The number of ether oxygens (including phenoxy) is 1. The average Bonchev–Trinajstić information content (AvgIpc) is 2.96. The molecule has 1 unspecified atom stereocenters. The summed E-state index contributed by atoms with van der Waals surface area (Å²) in [6.07, 6.45) is 0. The quantitative estimate of drug-likeness (QED) is 0.255. The molecule has 1 atom stereocenters. The van der Waals surface area contributed by atoms with Gasteiger partial charge in [0, 0.05) is 17.0 Å². The third-order valence-corrected chi connectivity index (χ3v) is 7.24. The summed E-state index contributed by atoms with van der Waals surface area (Å²) in [7, 11) is 0. The summed E-state index contributed by atoms with van der Waals surface area (Å²) in [6.45, 7) is 0. The minimum absolute atomic E-state index is 0.116. The molecule has 0 N–H and O–H groups in total. The average molecular weight is 461 g/mol. The Balaban J connectivity index is 1.30. The number of para-hydroxylation sites is 1. The molecule has 0 aromatic heterocycles. The van der Waals surface area contributed by atoms with Gasteiger partial charge in [0.2, 0.25) is 0 Å². The van der Waals surface area contributed by atoms with Crippen molar-refractivity contribution < 1.29 is 4.74 Å². The van der Waals surface area contributed by atoms with E-state index in [1.165, 1.54) is 49.7 Å². The lowest BCUT2D eigenvalue weighted by molar-refractivity contribution is 0.454. The zero-order valence-electron chi connectivity index (χ0n) is 19.8. The summed E-state index contributed by atoms with van der Waals surface area (Å²) in [5.74, 6) is 1.99. The van der Waals surface area contributed by atoms with E-state index >= 15 is 0 Å². The van der Waals surface area contributed by atoms with Crippen LogP contribution in [0.2, 0.25) is 0 Å². The van der Waals surface area contributed by atoms with Crippen molar-refractivity contribution in [3.8, 4) is 33.8 Å². The smallest absolute Gasteiger partial charge is 0.132 e. The van der Waals surface area contributed by atoms with Crippen LogP contribution < -0.4 is 4.74 Å². The fraction of sp³-hybridized carbons (Fsp3) is 0.0286. The van der Waals surface area contributed by atoms with Crippen molar-refractivity contribution in [1.82, 2.24) is 0 Å². The van der Waals surface area contributed by atoms with Crippen LogP contribution in [0.3, 0.4) is 0 Å². The molecule has 0 saturated heterocycles. The molecule has 1 nitrogen and oxygen atoms in total. The summed E-state index contributed by atoms with van der Waals surface area (Å²) in [6, 6.07) is 49.7. The Morgan fingerprint density at radius 1 is 0.417 bits per heavy atom. The molecule has 6 aromatic carbocycles. The van der Waals surface area contributed by atoms with Crippen LogP contribution in [0.4, 0.5) is 0 Å². The summed E-state index contributed by atoms with van der Waals surface area (Å²) in [5, 5.41) is 2.48. The molecule has 1 heterocycles. The topological polar surface area (TPSA) is 9.23 Å². The van der Waals surface area contributed by atoms with Gasteiger partial charge in [0.1, 0.15) is 11.5 Å². The van der Waals surface area contributed by atoms with Gasteiger partial charge in [-0.05, 0) is 50.7 Å². The number of benzene rings is 6. The van der Waals surface area contributed by atoms with Crippen molar-refractivity contribution in [2.24, 2.45) is 0 Å². The molecule has 0 fully saturated rings. The van der Waals surface area contributed by atoms with E-state index in [1.54, 1.807) is 0 Å². The maximum absolute atomic E-state index is 6.38. The van der Waals surface area contributed by atoms with E-state index in [0.717, 1.165) is 11.5 Å². The summed E-state index contributed by atoms with van der Waals surface area (Å²) < 4.78 is 6.38. The highest BCUT2D eigenvalue weighted by Crippen LogP contribution is 2.49. The fourth-order valence-electron chi connectivity index (χ4n) is 5.45. The highest BCUT2D eigenvalue weighted by atomic mass is 16.5. The summed E-state index contributed by atoms with van der Waals surface area (Å²) >= 11 is 0. The first-order valence-corrected chi connectivity index (χ1v) is 12.4. The van der Waals surface area contributed by atoms with Crippen molar-refractivity contribution in [1.29, 1.82) is 0 Å². The molecular formula is C35H24O. The molecule has 7 rings (SSSR count). The Labute approximate surface area is 211 Å². The van der Waals surface area contributed by atoms with Gasteiger partial charge in [-0.3, -0.25) is 0 Å². The lowest BCUT2D eigenvalue weighted by atomic mass is 9.80. The Morgan fingerprint density at radius 2 is 1.00 bits per heavy atom. The Morgan fingerprint density at radius 3 is 1.75 bits per heavy atom. The first-order chi connectivity index (χ1) is 17.8. The van der Waals surface area contributed by atoms with Gasteiger partial charge < -0.3 is 4.74 Å². The minimum atomic E-state index is 0.116. The SMILES string of the molecule is c1ccc(-c2ccc(-c3ccc(C4c5ccccc5Oc5ccc6ccccc6c54)cc3)cc2)cc1. The number of rotatable bonds is 3. The van der Waals surface area contributed by atoms with Gasteiger partial charge >= 0.3 is 0 Å². The third-order valence-electron chi connectivity index (χ3n) is 7.24. The zero-order chi connectivity index (χ0) is 23.9. The van der Waals surface area contributed by atoms with Crippen molar-refractivity contribution in [2.45, 2.75) is 5.92 Å². The standard InChI is InChI=1S/C35H24O/c1-2-8-24(9-3-1)25-14-16-26(17-15-25)27-18-20-29(21-19-27)34-31-12-6-7-13-32(31)36-33-23-22-28-10-4-5-11-30(28)35(33)34/h1-23,34H. The highest BCUT2D eigenvalue weighted by Gasteiger charge is 2.30. The van der Waals surface area contributed by atoms with Gasteiger partial charge in [0.05, 0.1) is 0 Å². The van der Waals surface area contributed by atoms with Crippen LogP contribution in [-0.2, 0) is 0 Å². The minimum Gasteiger partial charge on any atom is -0.457 e. The third kappa shape index (κ3) is 3.49. The van der Waals surface area contributed by atoms with E-state index < -0.39 is 0 Å². The van der Waals surface area contributed by atoms with Gasteiger partial charge in [-0.15, -0.1) is 0 Å². The van der Waals surface area contributed by atoms with E-state index in [0.29, 0.717) is 0 Å². The lowest BCUT2D eigenvalue weighted by Crippen LogP contribution is -2.12. The summed E-state index contributed by atoms with van der Waals surface area (Å²) in [5.41, 5.74) is 8.64. The lowest BCUT2D eigenvalue weighted by Gasteiger charge is -2.30. The van der Waals surface area contributed by atoms with E-state index in [9.17, 15) is 0 Å². The number of hydrogen-bond donors (Lipinski definition) is 0. The first kappa shape index (κ1) is 20.7. The van der Waals surface area contributed by atoms with Crippen molar-refractivity contribution in [3.05, 3.63) is 156 Å². The van der Waals surface area contributed by atoms with E-state index in [-0.39, 0.29) is 5.92 Å². The van der Waals surface area contributed by atoms with E-state index in [2.05, 4.69) is 133 Å². The second-order valence-corrected chi connectivity index (χ2v) is 9.34. The maximum Gasteiger partial charge on any atom is 0.132 e. The number of hydrogen-bond acceptors (Lipinski definition) is 1. The van der Waals surface area contributed by atoms with Crippen LogP contribution in [0, 0.1) is 0 Å². The molecule has 1 aliphatic rings. The van der Waals surface area contributed by atoms with Crippen molar-refractivity contribution >= 4 is 10.8 Å². The predicted molar refractivity (Wildman–Crippen MR) is 149 cm³/mol. The van der Waals surface area contributed by atoms with E-state index in [4.69, 9.17) is 4.74 Å². The molecule has 1 heteroatoms. The van der Waals surface area contributed by atoms with Gasteiger partial charge in [0.25, 0.3) is 0 Å². The fourth-order valence-corrected chi connectivity index (χ4v) is 5.45. The Bertz CT molecular complexity index is 1680. The molecular weight excluding hydrogens is 436 g/mol. The molecule has 0 saturated carbocycles. The molecule has 0 spiro atoms. The molecule has 0 bridgehead atoms. The van der Waals surface area contributed by atoms with Crippen LogP contribution in [0.5, 0.6) is 11.5 Å². The van der Waals surface area contributed by atoms with Crippen LogP contribution in [0.15, 0.2) is 140 Å². The second-order valence-electron chi connectivity index (χ2n) is 9.34. The van der Waals surface area contributed by atoms with Crippen LogP contribution in [-0.4, -0.2) is 0 Å². The van der Waals surface area contributed by atoms with Crippen LogP contribution in [0.1, 0.15) is 22.6 Å². The molecule has 6 aromatic rings. The molecule has 0 radical (unpaired) electrons. The van der Waals surface area contributed by atoms with Gasteiger partial charge in [-0.1, -0.05) is 127 Å². The molecule has 0 amide bonds. The zero-order valence-corrected chi connectivity index (χ0v) is 19.8. The molecule has 170 valence electrons. The monoisotopic (exact) mass is 460 g/mol. The van der Waals surface area contributed by atoms with Crippen molar-refractivity contribution in [3.63, 3.8) is 0 Å². The van der Waals surface area contributed by atoms with Gasteiger partial charge in [-0.2, -0.15) is 0 Å². The van der Waals surface area contributed by atoms with Gasteiger partial charge in [-0.25, -0.2) is 0 Å². The summed E-state index contributed by atoms with van der Waals surface area (Å²) in [4.78, 5) is 0. The maximum atomic E-state index is 6.38. The Hall–Kier alpha value is -4.62. The van der Waals surface area contributed by atoms with E-state index in [1.807, 2.05) is 6.07 Å². The molecule has 0 aliphatic carbocycles. The molecule has 36 heavy (non-hydrogen) atoms. The second kappa shape index (κ2) is 8.55.